The first kappa shape index (κ1) is 24.3. The molecule has 0 radical (unpaired) electrons. The standard InChI is InChI=1S/C22H19ClF2N2O5S/c1-31-20-10-8-17(12-21(20)32-2)33(29,30)27(16-6-3-14(23)4-7-16)13-22(28)26-15-5-9-18(24)19(25)11-15/h3-12H,13H2,1-2H3,(H,26,28). The Morgan fingerprint density at radius 2 is 1.61 bits per heavy atom. The Bertz CT molecular complexity index is 1270. The molecule has 11 heteroatoms. The number of nitrogens with zero attached hydrogens (tertiary/aromatic N) is 1. The second-order valence-corrected chi connectivity index (χ2v) is 8.98. The average Bonchev–Trinajstić information content (AvgIpc) is 2.80. The Morgan fingerprint density at radius 3 is 2.21 bits per heavy atom. The Kier molecular flexibility index (Phi) is 7.39. The van der Waals surface area contributed by atoms with Gasteiger partial charge in [0.2, 0.25) is 5.91 Å². The van der Waals surface area contributed by atoms with E-state index in [4.69, 9.17) is 21.1 Å². The molecule has 0 bridgehead atoms. The van der Waals surface area contributed by atoms with Crippen LogP contribution in [0.5, 0.6) is 11.5 Å². The molecular weight excluding hydrogens is 478 g/mol. The predicted molar refractivity (Wildman–Crippen MR) is 121 cm³/mol. The molecule has 0 saturated heterocycles. The van der Waals surface area contributed by atoms with Crippen LogP contribution < -0.4 is 19.1 Å². The van der Waals surface area contributed by atoms with E-state index in [0.29, 0.717) is 10.8 Å². The molecule has 0 aliphatic carbocycles. The molecule has 1 amide bonds. The highest BCUT2D eigenvalue weighted by molar-refractivity contribution is 7.92. The molecule has 3 aromatic rings. The van der Waals surface area contributed by atoms with Gasteiger partial charge in [-0.05, 0) is 48.5 Å². The molecule has 3 aromatic carbocycles. The molecule has 33 heavy (non-hydrogen) atoms. The summed E-state index contributed by atoms with van der Waals surface area (Å²) in [6, 6.07) is 12.6. The number of benzene rings is 3. The average molecular weight is 497 g/mol. The van der Waals surface area contributed by atoms with Gasteiger partial charge in [0.15, 0.2) is 23.1 Å². The fourth-order valence-electron chi connectivity index (χ4n) is 2.93. The van der Waals surface area contributed by atoms with Gasteiger partial charge in [0.05, 0.1) is 24.8 Å². The topological polar surface area (TPSA) is 84.9 Å². The molecule has 0 saturated carbocycles. The van der Waals surface area contributed by atoms with E-state index in [-0.39, 0.29) is 22.0 Å². The van der Waals surface area contributed by atoms with Crippen molar-refractivity contribution < 1.29 is 31.5 Å². The summed E-state index contributed by atoms with van der Waals surface area (Å²) in [7, 11) is -1.49. The van der Waals surface area contributed by atoms with Crippen LogP contribution in [0.15, 0.2) is 65.6 Å². The second-order valence-electron chi connectivity index (χ2n) is 6.68. The third-order valence-corrected chi connectivity index (χ3v) is 6.57. The van der Waals surface area contributed by atoms with Gasteiger partial charge in [0, 0.05) is 22.8 Å². The third kappa shape index (κ3) is 5.52. The molecule has 174 valence electrons. The van der Waals surface area contributed by atoms with Crippen LogP contribution >= 0.6 is 11.6 Å². The van der Waals surface area contributed by atoms with Crippen LogP contribution in [0, 0.1) is 11.6 Å². The fraction of sp³-hybridized carbons (Fsp3) is 0.136. The Balaban J connectivity index is 1.98. The fourth-order valence-corrected chi connectivity index (χ4v) is 4.49. The molecule has 0 aromatic heterocycles. The van der Waals surface area contributed by atoms with Gasteiger partial charge in [-0.3, -0.25) is 9.10 Å². The molecule has 1 N–H and O–H groups in total. The summed E-state index contributed by atoms with van der Waals surface area (Å²) in [6.45, 7) is -0.655. The van der Waals surface area contributed by atoms with E-state index in [0.717, 1.165) is 22.5 Å². The smallest absolute Gasteiger partial charge is 0.264 e. The summed E-state index contributed by atoms with van der Waals surface area (Å²) in [6.07, 6.45) is 0. The van der Waals surface area contributed by atoms with Crippen molar-refractivity contribution >= 4 is 38.9 Å². The van der Waals surface area contributed by atoms with Gasteiger partial charge in [0.1, 0.15) is 6.54 Å². The SMILES string of the molecule is COc1ccc(S(=O)(=O)N(CC(=O)Nc2ccc(F)c(F)c2)c2ccc(Cl)cc2)cc1OC. The summed E-state index contributed by atoms with van der Waals surface area (Å²) < 4.78 is 64.8. The van der Waals surface area contributed by atoms with Gasteiger partial charge in [-0.15, -0.1) is 0 Å². The largest absolute Gasteiger partial charge is 0.493 e. The van der Waals surface area contributed by atoms with Crippen molar-refractivity contribution in [3.05, 3.63) is 77.3 Å². The van der Waals surface area contributed by atoms with Crippen LogP contribution in [0.4, 0.5) is 20.2 Å². The number of carbonyl (C=O) groups excluding carboxylic acids is 1. The highest BCUT2D eigenvalue weighted by Crippen LogP contribution is 2.32. The number of rotatable bonds is 8. The lowest BCUT2D eigenvalue weighted by atomic mass is 10.3. The number of carbonyl (C=O) groups is 1. The van der Waals surface area contributed by atoms with Gasteiger partial charge in [-0.2, -0.15) is 0 Å². The quantitative estimate of drug-likeness (QED) is 0.497. The molecule has 0 aliphatic rings. The molecule has 0 fully saturated rings. The molecule has 0 unspecified atom stereocenters. The Morgan fingerprint density at radius 1 is 0.939 bits per heavy atom. The van der Waals surface area contributed by atoms with E-state index in [1.807, 2.05) is 0 Å². The van der Waals surface area contributed by atoms with E-state index in [9.17, 15) is 22.0 Å². The van der Waals surface area contributed by atoms with Crippen molar-refractivity contribution in [2.24, 2.45) is 0 Å². The number of hydrogen-bond donors (Lipinski definition) is 1. The summed E-state index contributed by atoms with van der Waals surface area (Å²) in [5.41, 5.74) is 0.132. The minimum atomic E-state index is -4.27. The van der Waals surface area contributed by atoms with Crippen LogP contribution in [0.25, 0.3) is 0 Å². The van der Waals surface area contributed by atoms with Crippen molar-refractivity contribution in [1.29, 1.82) is 0 Å². The van der Waals surface area contributed by atoms with Crippen LogP contribution in [-0.2, 0) is 14.8 Å². The highest BCUT2D eigenvalue weighted by Gasteiger charge is 2.28. The molecule has 7 nitrogen and oxygen atoms in total. The van der Waals surface area contributed by atoms with Crippen molar-refractivity contribution in [2.75, 3.05) is 30.4 Å². The molecule has 0 aliphatic heterocycles. The molecule has 0 heterocycles. The normalized spacial score (nSPS) is 11.1. The number of halogens is 3. The monoisotopic (exact) mass is 496 g/mol. The second kappa shape index (κ2) is 10.1. The van der Waals surface area contributed by atoms with Crippen LogP contribution in [-0.4, -0.2) is 35.1 Å². The number of amides is 1. The Hall–Kier alpha value is -3.37. The van der Waals surface area contributed by atoms with Crippen molar-refractivity contribution in [3.8, 4) is 11.5 Å². The Labute approximate surface area is 194 Å². The summed E-state index contributed by atoms with van der Waals surface area (Å²) in [5, 5.41) is 2.73. The van der Waals surface area contributed by atoms with E-state index < -0.39 is 34.1 Å². The van der Waals surface area contributed by atoms with E-state index in [1.54, 1.807) is 0 Å². The first-order valence-electron chi connectivity index (χ1n) is 9.41. The lowest BCUT2D eigenvalue weighted by Gasteiger charge is -2.24. The summed E-state index contributed by atoms with van der Waals surface area (Å²) >= 11 is 5.92. The number of sulfonamides is 1. The first-order chi connectivity index (χ1) is 15.6. The van der Waals surface area contributed by atoms with Crippen LogP contribution in [0.2, 0.25) is 5.02 Å². The number of ether oxygens (including phenoxy) is 2. The minimum absolute atomic E-state index is 0.0292. The van der Waals surface area contributed by atoms with Gasteiger partial charge in [-0.25, -0.2) is 17.2 Å². The van der Waals surface area contributed by atoms with E-state index >= 15 is 0 Å². The van der Waals surface area contributed by atoms with Crippen molar-refractivity contribution in [3.63, 3.8) is 0 Å². The summed E-state index contributed by atoms with van der Waals surface area (Å²) in [5.74, 6) is -2.50. The lowest BCUT2D eigenvalue weighted by molar-refractivity contribution is -0.114. The molecular formula is C22H19ClF2N2O5S. The van der Waals surface area contributed by atoms with Gasteiger partial charge in [0.25, 0.3) is 10.0 Å². The maximum absolute atomic E-state index is 13.5. The molecule has 0 atom stereocenters. The lowest BCUT2D eigenvalue weighted by Crippen LogP contribution is -2.38. The minimum Gasteiger partial charge on any atom is -0.493 e. The zero-order chi connectivity index (χ0) is 24.2. The zero-order valence-corrected chi connectivity index (χ0v) is 19.1. The number of hydrogen-bond acceptors (Lipinski definition) is 5. The summed E-state index contributed by atoms with van der Waals surface area (Å²) in [4.78, 5) is 12.5. The maximum atomic E-state index is 13.5. The molecule has 3 rings (SSSR count). The first-order valence-corrected chi connectivity index (χ1v) is 11.2. The van der Waals surface area contributed by atoms with E-state index in [2.05, 4.69) is 5.32 Å². The number of anilines is 2. The maximum Gasteiger partial charge on any atom is 0.264 e. The highest BCUT2D eigenvalue weighted by atomic mass is 35.5. The van der Waals surface area contributed by atoms with Crippen LogP contribution in [0.3, 0.4) is 0 Å². The third-order valence-electron chi connectivity index (χ3n) is 4.55. The van der Waals surface area contributed by atoms with Crippen molar-refractivity contribution in [1.82, 2.24) is 0 Å². The predicted octanol–water partition coefficient (Wildman–Crippen LogP) is 4.47. The van der Waals surface area contributed by atoms with Crippen molar-refractivity contribution in [2.45, 2.75) is 4.90 Å². The van der Waals surface area contributed by atoms with E-state index in [1.165, 1.54) is 56.7 Å². The number of methoxy groups -OCH3 is 2. The van der Waals surface area contributed by atoms with Gasteiger partial charge in [-0.1, -0.05) is 11.6 Å². The zero-order valence-electron chi connectivity index (χ0n) is 17.5. The molecule has 0 spiro atoms. The number of nitrogens with one attached hydrogen (secondary N) is 1. The van der Waals surface area contributed by atoms with Crippen LogP contribution in [0.1, 0.15) is 0 Å². The van der Waals surface area contributed by atoms with Gasteiger partial charge < -0.3 is 14.8 Å². The van der Waals surface area contributed by atoms with Gasteiger partial charge >= 0.3 is 0 Å².